The summed E-state index contributed by atoms with van der Waals surface area (Å²) in [5.41, 5.74) is 0.328. The smallest absolute Gasteiger partial charge is 0.255 e. The lowest BCUT2D eigenvalue weighted by molar-refractivity contribution is -0.138. The second kappa shape index (κ2) is 5.30. The molecule has 1 atom stereocenters. The van der Waals surface area contributed by atoms with E-state index < -0.39 is 23.8 Å². The minimum Gasteiger partial charge on any atom is -0.318 e. The van der Waals surface area contributed by atoms with E-state index in [0.717, 1.165) is 0 Å². The van der Waals surface area contributed by atoms with Gasteiger partial charge in [0, 0.05) is 15.1 Å². The third-order valence-electron chi connectivity index (χ3n) is 2.79. The third-order valence-corrected chi connectivity index (χ3v) is 3.47. The van der Waals surface area contributed by atoms with Gasteiger partial charge in [0.1, 0.15) is 12.6 Å². The number of imide groups is 1. The number of rotatable bonds is 1. The van der Waals surface area contributed by atoms with Crippen molar-refractivity contribution in [2.24, 2.45) is 0 Å². The zero-order valence-electron chi connectivity index (χ0n) is 9.94. The number of hydrogen-bond acceptors (Lipinski definition) is 3. The highest BCUT2D eigenvalue weighted by atomic mass is 79.9. The second-order valence-corrected chi connectivity index (χ2v) is 5.53. The minimum atomic E-state index is -0.692. The highest BCUT2D eigenvalue weighted by Gasteiger charge is 2.34. The molecule has 0 spiro atoms. The topological polar surface area (TPSA) is 66.5 Å². The monoisotopic (exact) mass is 344 g/mol. The molecule has 3 amide bonds. The first kappa shape index (κ1) is 14.0. The molecule has 1 aliphatic heterocycles. The number of hydrogen-bond donors (Lipinski definition) is 1. The number of nitrogens with one attached hydrogen (secondary N) is 1. The van der Waals surface area contributed by atoms with Gasteiger partial charge in [-0.25, -0.2) is 0 Å². The van der Waals surface area contributed by atoms with Crippen LogP contribution in [0, 0.1) is 0 Å². The first-order valence-corrected chi connectivity index (χ1v) is 6.66. The molecule has 5 nitrogen and oxygen atoms in total. The Hall–Kier alpha value is -1.40. The van der Waals surface area contributed by atoms with Crippen LogP contribution in [-0.2, 0) is 9.59 Å². The van der Waals surface area contributed by atoms with Crippen LogP contribution in [0.1, 0.15) is 17.3 Å². The summed E-state index contributed by atoms with van der Waals surface area (Å²) in [4.78, 5) is 36.4. The van der Waals surface area contributed by atoms with Gasteiger partial charge >= 0.3 is 0 Å². The Balaban J connectivity index is 2.32. The number of amides is 3. The number of benzene rings is 1. The van der Waals surface area contributed by atoms with Crippen LogP contribution in [-0.4, -0.2) is 35.2 Å². The van der Waals surface area contributed by atoms with Gasteiger partial charge in [0.05, 0.1) is 0 Å². The normalized spacial score (nSPS) is 19.3. The maximum Gasteiger partial charge on any atom is 0.255 e. The molecule has 0 saturated carbocycles. The Labute approximate surface area is 123 Å². The van der Waals surface area contributed by atoms with Crippen molar-refractivity contribution in [1.29, 1.82) is 0 Å². The molecule has 2 rings (SSSR count). The summed E-state index contributed by atoms with van der Waals surface area (Å²) in [7, 11) is 0. The Bertz CT molecular complexity index is 556. The number of piperazine rings is 1. The molecule has 7 heteroatoms. The zero-order valence-corrected chi connectivity index (χ0v) is 12.3. The molecular formula is C12H10BrClN2O3. The van der Waals surface area contributed by atoms with E-state index >= 15 is 0 Å². The fourth-order valence-electron chi connectivity index (χ4n) is 1.81. The molecule has 1 aromatic rings. The Morgan fingerprint density at radius 2 is 2.11 bits per heavy atom. The lowest BCUT2D eigenvalue weighted by Gasteiger charge is -2.31. The summed E-state index contributed by atoms with van der Waals surface area (Å²) in [5, 5.41) is 2.58. The first-order valence-electron chi connectivity index (χ1n) is 5.49. The molecule has 100 valence electrons. The van der Waals surface area contributed by atoms with Crippen LogP contribution in [0.2, 0.25) is 5.02 Å². The number of carbonyl (C=O) groups is 3. The van der Waals surface area contributed by atoms with E-state index in [0.29, 0.717) is 15.1 Å². The molecule has 0 bridgehead atoms. The fourth-order valence-corrected chi connectivity index (χ4v) is 2.67. The van der Waals surface area contributed by atoms with E-state index in [4.69, 9.17) is 11.6 Å². The second-order valence-electron chi connectivity index (χ2n) is 4.18. The fraction of sp³-hybridized carbons (Fsp3) is 0.250. The summed E-state index contributed by atoms with van der Waals surface area (Å²) >= 11 is 9.12. The van der Waals surface area contributed by atoms with E-state index in [-0.39, 0.29) is 6.54 Å². The molecule has 1 aromatic carbocycles. The average Bonchev–Trinajstić information content (AvgIpc) is 2.31. The van der Waals surface area contributed by atoms with E-state index in [1.54, 1.807) is 19.1 Å². The van der Waals surface area contributed by atoms with Gasteiger partial charge in [-0.1, -0.05) is 27.5 Å². The molecule has 19 heavy (non-hydrogen) atoms. The minimum absolute atomic E-state index is 0.143. The number of carbonyl (C=O) groups excluding carboxylic acids is 3. The molecule has 1 fully saturated rings. The van der Waals surface area contributed by atoms with E-state index in [9.17, 15) is 14.4 Å². The Morgan fingerprint density at radius 3 is 2.74 bits per heavy atom. The van der Waals surface area contributed by atoms with Crippen molar-refractivity contribution in [2.75, 3.05) is 6.54 Å². The van der Waals surface area contributed by atoms with Gasteiger partial charge in [0.2, 0.25) is 11.8 Å². The molecule has 0 radical (unpaired) electrons. The van der Waals surface area contributed by atoms with Gasteiger partial charge in [0.25, 0.3) is 5.91 Å². The van der Waals surface area contributed by atoms with Crippen molar-refractivity contribution in [2.45, 2.75) is 13.0 Å². The summed E-state index contributed by atoms with van der Waals surface area (Å²) in [6.45, 7) is 1.43. The summed E-state index contributed by atoms with van der Waals surface area (Å²) in [5.74, 6) is -1.37. The average molecular weight is 346 g/mol. The summed E-state index contributed by atoms with van der Waals surface area (Å²) in [6, 6.07) is 4.05. The standard InChI is InChI=1S/C12H10BrClN2O3/c1-6-11(18)15-10(17)5-16(6)12(19)7-2-8(13)4-9(14)3-7/h2-4,6H,5H2,1H3,(H,15,17,18). The van der Waals surface area contributed by atoms with Crippen LogP contribution in [0.3, 0.4) is 0 Å². The van der Waals surface area contributed by atoms with E-state index in [1.165, 1.54) is 11.0 Å². The molecule has 1 aliphatic rings. The first-order chi connectivity index (χ1) is 8.88. The van der Waals surface area contributed by atoms with Crippen LogP contribution < -0.4 is 5.32 Å². The lowest BCUT2D eigenvalue weighted by atomic mass is 10.1. The van der Waals surface area contributed by atoms with E-state index in [2.05, 4.69) is 21.2 Å². The summed E-state index contributed by atoms with van der Waals surface area (Å²) < 4.78 is 0.656. The van der Waals surface area contributed by atoms with Gasteiger partial charge in [-0.3, -0.25) is 19.7 Å². The Morgan fingerprint density at radius 1 is 1.42 bits per heavy atom. The van der Waals surface area contributed by atoms with Gasteiger partial charge < -0.3 is 4.90 Å². The van der Waals surface area contributed by atoms with E-state index in [1.807, 2.05) is 0 Å². The van der Waals surface area contributed by atoms with Gasteiger partial charge in [0.15, 0.2) is 0 Å². The molecule has 0 aromatic heterocycles. The summed E-state index contributed by atoms with van der Waals surface area (Å²) in [6.07, 6.45) is 0. The quantitative estimate of drug-likeness (QED) is 0.786. The molecule has 0 aliphatic carbocycles. The van der Waals surface area contributed by atoms with Crippen molar-refractivity contribution in [3.05, 3.63) is 33.3 Å². The number of nitrogens with zero attached hydrogens (tertiary/aromatic N) is 1. The van der Waals surface area contributed by atoms with Gasteiger partial charge in [-0.05, 0) is 25.1 Å². The Kier molecular flexibility index (Phi) is 3.91. The van der Waals surface area contributed by atoms with Crippen molar-refractivity contribution >= 4 is 45.3 Å². The van der Waals surface area contributed by atoms with Gasteiger partial charge in [-0.2, -0.15) is 0 Å². The molecule has 1 N–H and O–H groups in total. The molecule has 1 unspecified atom stereocenters. The predicted octanol–water partition coefficient (Wildman–Crippen LogP) is 1.59. The van der Waals surface area contributed by atoms with Crippen molar-refractivity contribution in [1.82, 2.24) is 10.2 Å². The highest BCUT2D eigenvalue weighted by molar-refractivity contribution is 9.10. The van der Waals surface area contributed by atoms with Crippen molar-refractivity contribution in [3.8, 4) is 0 Å². The predicted molar refractivity (Wildman–Crippen MR) is 72.8 cm³/mol. The highest BCUT2D eigenvalue weighted by Crippen LogP contribution is 2.21. The third kappa shape index (κ3) is 2.96. The largest absolute Gasteiger partial charge is 0.318 e. The van der Waals surface area contributed by atoms with Crippen molar-refractivity contribution in [3.63, 3.8) is 0 Å². The van der Waals surface area contributed by atoms with Crippen LogP contribution in [0.4, 0.5) is 0 Å². The molecule has 1 saturated heterocycles. The maximum atomic E-state index is 12.3. The zero-order chi connectivity index (χ0) is 14.2. The van der Waals surface area contributed by atoms with Crippen LogP contribution >= 0.6 is 27.5 Å². The lowest BCUT2D eigenvalue weighted by Crippen LogP contribution is -2.58. The van der Waals surface area contributed by atoms with Crippen LogP contribution in [0.25, 0.3) is 0 Å². The van der Waals surface area contributed by atoms with Gasteiger partial charge in [-0.15, -0.1) is 0 Å². The van der Waals surface area contributed by atoms with Crippen LogP contribution in [0.5, 0.6) is 0 Å². The van der Waals surface area contributed by atoms with Crippen LogP contribution in [0.15, 0.2) is 22.7 Å². The molecule has 1 heterocycles. The van der Waals surface area contributed by atoms with Crippen molar-refractivity contribution < 1.29 is 14.4 Å². The maximum absolute atomic E-state index is 12.3. The SMILES string of the molecule is CC1C(=O)NC(=O)CN1C(=O)c1cc(Cl)cc(Br)c1. The number of halogens is 2. The molecular weight excluding hydrogens is 336 g/mol.